The molecule has 0 radical (unpaired) electrons. The van der Waals surface area contributed by atoms with Gasteiger partial charge < -0.3 is 5.11 Å². The number of hydrogen-bond acceptors (Lipinski definition) is 4. The van der Waals surface area contributed by atoms with Crippen molar-refractivity contribution in [2.45, 2.75) is 0 Å². The first-order valence-electron chi connectivity index (χ1n) is 3.05. The van der Waals surface area contributed by atoms with Gasteiger partial charge in [-0.05, 0) is 6.08 Å². The molecule has 0 saturated carbocycles. The first-order valence-corrected chi connectivity index (χ1v) is 3.93. The molecule has 1 N–H and O–H groups in total. The Balaban J connectivity index is 2.72. The third kappa shape index (κ3) is 2.25. The zero-order valence-electron chi connectivity index (χ0n) is 5.73. The second-order valence-electron chi connectivity index (χ2n) is 1.81. The third-order valence-corrected chi connectivity index (χ3v) is 1.85. The topological polar surface area (TPSA) is 50.2 Å². The Morgan fingerprint density at radius 2 is 2.55 bits per heavy atom. The minimum absolute atomic E-state index is 0.00397. The maximum Gasteiger partial charge on any atom is 0.169 e. The van der Waals surface area contributed by atoms with Gasteiger partial charge in [-0.2, -0.15) is 0 Å². The average Bonchev–Trinajstić information content (AvgIpc) is 2.48. The molecule has 11 heavy (non-hydrogen) atoms. The summed E-state index contributed by atoms with van der Waals surface area (Å²) in [5.41, 5.74) is 0.438. The van der Waals surface area contributed by atoms with Gasteiger partial charge in [0.05, 0.1) is 6.61 Å². The Hall–Kier alpha value is -1.00. The molecule has 0 aliphatic heterocycles. The number of carbonyl (C=O) groups is 1. The van der Waals surface area contributed by atoms with Crippen LogP contribution in [0.4, 0.5) is 0 Å². The molecule has 0 fully saturated rings. The SMILES string of the molecule is O=Cc1csc(C=CCO)n1. The molecule has 58 valence electrons. The van der Waals surface area contributed by atoms with Gasteiger partial charge in [0.15, 0.2) is 6.29 Å². The highest BCUT2D eigenvalue weighted by Gasteiger charge is 1.94. The van der Waals surface area contributed by atoms with Crippen molar-refractivity contribution in [2.75, 3.05) is 6.61 Å². The molecular weight excluding hydrogens is 162 g/mol. The van der Waals surface area contributed by atoms with Crippen molar-refractivity contribution < 1.29 is 9.90 Å². The van der Waals surface area contributed by atoms with E-state index in [2.05, 4.69) is 4.98 Å². The molecule has 0 aromatic carbocycles. The Morgan fingerprint density at radius 3 is 3.09 bits per heavy atom. The van der Waals surface area contributed by atoms with Crippen LogP contribution in [0.5, 0.6) is 0 Å². The number of nitrogens with zero attached hydrogens (tertiary/aromatic N) is 1. The van der Waals surface area contributed by atoms with E-state index < -0.39 is 0 Å². The number of hydrogen-bond donors (Lipinski definition) is 1. The van der Waals surface area contributed by atoms with E-state index in [9.17, 15) is 4.79 Å². The zero-order chi connectivity index (χ0) is 8.10. The van der Waals surface area contributed by atoms with E-state index in [0.29, 0.717) is 12.0 Å². The van der Waals surface area contributed by atoms with E-state index in [1.807, 2.05) is 0 Å². The van der Waals surface area contributed by atoms with E-state index in [-0.39, 0.29) is 6.61 Å². The molecule has 0 amide bonds. The maximum atomic E-state index is 10.2. The molecule has 3 nitrogen and oxygen atoms in total. The molecule has 4 heteroatoms. The summed E-state index contributed by atoms with van der Waals surface area (Å²) in [5.74, 6) is 0. The van der Waals surface area contributed by atoms with Crippen LogP contribution in [-0.2, 0) is 0 Å². The molecular formula is C7H7NO2S. The first-order chi connectivity index (χ1) is 5.36. The lowest BCUT2D eigenvalue weighted by molar-refractivity contribution is 0.111. The fourth-order valence-corrected chi connectivity index (χ4v) is 1.27. The summed E-state index contributed by atoms with van der Waals surface area (Å²) in [6.07, 6.45) is 3.96. The molecule has 0 aliphatic rings. The van der Waals surface area contributed by atoms with Gasteiger partial charge in [-0.15, -0.1) is 11.3 Å². The van der Waals surface area contributed by atoms with Gasteiger partial charge in [0.2, 0.25) is 0 Å². The average molecular weight is 169 g/mol. The van der Waals surface area contributed by atoms with Crippen molar-refractivity contribution in [1.82, 2.24) is 4.98 Å². The van der Waals surface area contributed by atoms with Crippen LogP contribution in [0.3, 0.4) is 0 Å². The highest BCUT2D eigenvalue weighted by atomic mass is 32.1. The zero-order valence-corrected chi connectivity index (χ0v) is 6.54. The Morgan fingerprint density at radius 1 is 1.73 bits per heavy atom. The number of aliphatic hydroxyl groups is 1. The van der Waals surface area contributed by atoms with Gasteiger partial charge in [0.1, 0.15) is 10.7 Å². The summed E-state index contributed by atoms with van der Waals surface area (Å²) in [4.78, 5) is 14.1. The summed E-state index contributed by atoms with van der Waals surface area (Å²) < 4.78 is 0. The van der Waals surface area contributed by atoms with Gasteiger partial charge in [0, 0.05) is 5.38 Å². The number of aliphatic hydroxyl groups excluding tert-OH is 1. The molecule has 0 saturated heterocycles. The van der Waals surface area contributed by atoms with Crippen LogP contribution in [0, 0.1) is 0 Å². The highest BCUT2D eigenvalue weighted by Crippen LogP contribution is 2.09. The largest absolute Gasteiger partial charge is 0.392 e. The molecule has 1 aromatic heterocycles. The molecule has 0 bridgehead atoms. The predicted molar refractivity (Wildman–Crippen MR) is 43.6 cm³/mol. The van der Waals surface area contributed by atoms with Crippen molar-refractivity contribution in [3.8, 4) is 0 Å². The molecule has 0 spiro atoms. The molecule has 1 rings (SSSR count). The molecule has 1 heterocycles. The minimum atomic E-state index is -0.00397. The maximum absolute atomic E-state index is 10.2. The Bertz CT molecular complexity index is 267. The summed E-state index contributed by atoms with van der Waals surface area (Å²) in [5, 5.41) is 10.8. The number of aldehydes is 1. The molecule has 1 aromatic rings. The van der Waals surface area contributed by atoms with Crippen LogP contribution in [0.25, 0.3) is 6.08 Å². The van der Waals surface area contributed by atoms with E-state index in [1.54, 1.807) is 17.5 Å². The van der Waals surface area contributed by atoms with Crippen molar-refractivity contribution in [3.05, 3.63) is 22.2 Å². The molecule has 0 atom stereocenters. The Labute approximate surface area is 68.0 Å². The fourth-order valence-electron chi connectivity index (χ4n) is 0.585. The van der Waals surface area contributed by atoms with Crippen molar-refractivity contribution in [1.29, 1.82) is 0 Å². The van der Waals surface area contributed by atoms with Crippen LogP contribution in [0.1, 0.15) is 15.5 Å². The molecule has 0 aliphatic carbocycles. The van der Waals surface area contributed by atoms with Crippen LogP contribution in [0.2, 0.25) is 0 Å². The van der Waals surface area contributed by atoms with Gasteiger partial charge in [-0.25, -0.2) is 4.98 Å². The quantitative estimate of drug-likeness (QED) is 0.686. The predicted octanol–water partition coefficient (Wildman–Crippen LogP) is 0.961. The molecule has 0 unspecified atom stereocenters. The smallest absolute Gasteiger partial charge is 0.169 e. The summed E-state index contributed by atoms with van der Waals surface area (Å²) in [6.45, 7) is -0.00397. The van der Waals surface area contributed by atoms with Crippen molar-refractivity contribution >= 4 is 23.7 Å². The van der Waals surface area contributed by atoms with Gasteiger partial charge in [0.25, 0.3) is 0 Å². The number of aromatic nitrogens is 1. The van der Waals surface area contributed by atoms with E-state index >= 15 is 0 Å². The minimum Gasteiger partial charge on any atom is -0.392 e. The lowest BCUT2D eigenvalue weighted by atomic mass is 10.5. The second kappa shape index (κ2) is 4.00. The third-order valence-electron chi connectivity index (χ3n) is 1.03. The summed E-state index contributed by atoms with van der Waals surface area (Å²) in [6, 6.07) is 0. The van der Waals surface area contributed by atoms with E-state index in [0.717, 1.165) is 5.01 Å². The van der Waals surface area contributed by atoms with Crippen molar-refractivity contribution in [2.24, 2.45) is 0 Å². The van der Waals surface area contributed by atoms with Crippen LogP contribution in [0.15, 0.2) is 11.5 Å². The first kappa shape index (κ1) is 8.10. The van der Waals surface area contributed by atoms with Crippen LogP contribution in [-0.4, -0.2) is 23.0 Å². The second-order valence-corrected chi connectivity index (χ2v) is 2.70. The van der Waals surface area contributed by atoms with E-state index in [1.165, 1.54) is 11.3 Å². The fraction of sp³-hybridized carbons (Fsp3) is 0.143. The normalized spacial score (nSPS) is 10.6. The lowest BCUT2D eigenvalue weighted by Gasteiger charge is -1.79. The standard InChI is InChI=1S/C7H7NO2S/c9-3-1-2-7-8-6(4-10)5-11-7/h1-2,4-5,9H,3H2. The van der Waals surface area contributed by atoms with Crippen molar-refractivity contribution in [3.63, 3.8) is 0 Å². The van der Waals surface area contributed by atoms with Crippen LogP contribution < -0.4 is 0 Å². The van der Waals surface area contributed by atoms with E-state index in [4.69, 9.17) is 5.11 Å². The highest BCUT2D eigenvalue weighted by molar-refractivity contribution is 7.10. The number of carbonyl (C=O) groups excluding carboxylic acids is 1. The van der Waals surface area contributed by atoms with Crippen LogP contribution >= 0.6 is 11.3 Å². The van der Waals surface area contributed by atoms with Gasteiger partial charge in [-0.1, -0.05) is 6.08 Å². The van der Waals surface area contributed by atoms with Gasteiger partial charge in [-0.3, -0.25) is 4.79 Å². The van der Waals surface area contributed by atoms with Gasteiger partial charge >= 0.3 is 0 Å². The summed E-state index contributed by atoms with van der Waals surface area (Å²) >= 11 is 1.37. The Kier molecular flexibility index (Phi) is 2.95. The number of rotatable bonds is 3. The monoisotopic (exact) mass is 169 g/mol. The number of thiazole rings is 1. The summed E-state index contributed by atoms with van der Waals surface area (Å²) in [7, 11) is 0. The lowest BCUT2D eigenvalue weighted by Crippen LogP contribution is -1.78.